The van der Waals surface area contributed by atoms with Crippen molar-refractivity contribution in [2.75, 3.05) is 47.1 Å². The lowest BCUT2D eigenvalue weighted by molar-refractivity contribution is 0.00269. The average Bonchev–Trinajstić information content (AvgIpc) is 3.12. The Kier molecular flexibility index (Phi) is 5.42. The third-order valence-corrected chi connectivity index (χ3v) is 4.26. The first kappa shape index (κ1) is 14.3. The van der Waals surface area contributed by atoms with E-state index in [-0.39, 0.29) is 0 Å². The van der Waals surface area contributed by atoms with E-state index in [9.17, 15) is 0 Å². The van der Waals surface area contributed by atoms with Crippen LogP contribution in [0.4, 0.5) is 0 Å². The SMILES string of the molecule is CNCC1(CCOCCOC)CCOC1C1CC1. The third-order valence-electron chi connectivity index (χ3n) is 4.26. The Morgan fingerprint density at radius 1 is 1.28 bits per heavy atom. The van der Waals surface area contributed by atoms with Crippen molar-refractivity contribution < 1.29 is 14.2 Å². The van der Waals surface area contributed by atoms with Crippen LogP contribution in [0.3, 0.4) is 0 Å². The van der Waals surface area contributed by atoms with Crippen molar-refractivity contribution in [1.29, 1.82) is 0 Å². The summed E-state index contributed by atoms with van der Waals surface area (Å²) in [5.74, 6) is 0.805. The minimum Gasteiger partial charge on any atom is -0.382 e. The van der Waals surface area contributed by atoms with Crippen molar-refractivity contribution in [3.05, 3.63) is 0 Å². The predicted molar refractivity (Wildman–Crippen MR) is 70.8 cm³/mol. The molecule has 18 heavy (non-hydrogen) atoms. The van der Waals surface area contributed by atoms with Crippen LogP contribution in [0.15, 0.2) is 0 Å². The van der Waals surface area contributed by atoms with Gasteiger partial charge in [0.25, 0.3) is 0 Å². The molecule has 4 heteroatoms. The second-order valence-electron chi connectivity index (χ2n) is 5.63. The summed E-state index contributed by atoms with van der Waals surface area (Å²) in [4.78, 5) is 0. The van der Waals surface area contributed by atoms with Crippen LogP contribution >= 0.6 is 0 Å². The summed E-state index contributed by atoms with van der Waals surface area (Å²) >= 11 is 0. The molecule has 1 heterocycles. The van der Waals surface area contributed by atoms with Crippen molar-refractivity contribution in [2.24, 2.45) is 11.3 Å². The van der Waals surface area contributed by atoms with Gasteiger partial charge in [-0.3, -0.25) is 0 Å². The van der Waals surface area contributed by atoms with Crippen molar-refractivity contribution in [2.45, 2.75) is 31.8 Å². The fourth-order valence-corrected chi connectivity index (χ4v) is 3.16. The maximum absolute atomic E-state index is 6.00. The fraction of sp³-hybridized carbons (Fsp3) is 1.00. The van der Waals surface area contributed by atoms with Crippen molar-refractivity contribution in [1.82, 2.24) is 5.32 Å². The van der Waals surface area contributed by atoms with E-state index in [1.165, 1.54) is 19.3 Å². The fourth-order valence-electron chi connectivity index (χ4n) is 3.16. The summed E-state index contributed by atoms with van der Waals surface area (Å²) in [7, 11) is 3.75. The van der Waals surface area contributed by atoms with Gasteiger partial charge in [-0.15, -0.1) is 0 Å². The molecule has 0 aromatic heterocycles. The minimum atomic E-state index is 0.295. The highest BCUT2D eigenvalue weighted by Gasteiger charge is 2.50. The maximum Gasteiger partial charge on any atom is 0.0700 e. The van der Waals surface area contributed by atoms with Gasteiger partial charge >= 0.3 is 0 Å². The quantitative estimate of drug-likeness (QED) is 0.635. The molecule has 4 nitrogen and oxygen atoms in total. The summed E-state index contributed by atoms with van der Waals surface area (Å²) in [6.07, 6.45) is 5.42. The van der Waals surface area contributed by atoms with Crippen molar-refractivity contribution in [3.8, 4) is 0 Å². The van der Waals surface area contributed by atoms with E-state index in [2.05, 4.69) is 5.32 Å². The molecular weight excluding hydrogens is 230 g/mol. The van der Waals surface area contributed by atoms with Crippen LogP contribution in [0, 0.1) is 11.3 Å². The standard InChI is InChI=1S/C14H27NO3/c1-15-11-14(5-7-17-10-9-16-2)6-8-18-13(14)12-3-4-12/h12-13,15H,3-11H2,1-2H3. The summed E-state index contributed by atoms with van der Waals surface area (Å²) in [5.41, 5.74) is 0.295. The number of hydrogen-bond acceptors (Lipinski definition) is 4. The Balaban J connectivity index is 1.81. The molecule has 1 saturated heterocycles. The van der Waals surface area contributed by atoms with Gasteiger partial charge in [-0.25, -0.2) is 0 Å². The molecule has 2 aliphatic rings. The van der Waals surface area contributed by atoms with Crippen LogP contribution < -0.4 is 5.32 Å². The molecule has 1 N–H and O–H groups in total. The molecule has 106 valence electrons. The summed E-state index contributed by atoms with van der Waals surface area (Å²) in [6.45, 7) is 4.16. The van der Waals surface area contributed by atoms with Gasteiger partial charge in [0.1, 0.15) is 0 Å². The molecule has 1 saturated carbocycles. The third kappa shape index (κ3) is 3.44. The number of rotatable bonds is 9. The van der Waals surface area contributed by atoms with E-state index in [1.807, 2.05) is 7.05 Å². The Bertz CT molecular complexity index is 245. The first-order valence-corrected chi connectivity index (χ1v) is 7.15. The van der Waals surface area contributed by atoms with Crippen LogP contribution in [0.5, 0.6) is 0 Å². The predicted octanol–water partition coefficient (Wildman–Crippen LogP) is 1.44. The van der Waals surface area contributed by atoms with Gasteiger partial charge < -0.3 is 19.5 Å². The summed E-state index contributed by atoms with van der Waals surface area (Å²) < 4.78 is 16.6. The van der Waals surface area contributed by atoms with Crippen LogP contribution in [0.2, 0.25) is 0 Å². The van der Waals surface area contributed by atoms with Gasteiger partial charge in [-0.05, 0) is 38.6 Å². The number of nitrogens with one attached hydrogen (secondary N) is 1. The van der Waals surface area contributed by atoms with Gasteiger partial charge in [0, 0.05) is 32.3 Å². The van der Waals surface area contributed by atoms with E-state index in [0.717, 1.165) is 32.1 Å². The highest BCUT2D eigenvalue weighted by Crippen LogP contribution is 2.49. The van der Waals surface area contributed by atoms with Crippen molar-refractivity contribution >= 4 is 0 Å². The topological polar surface area (TPSA) is 39.7 Å². The van der Waals surface area contributed by atoms with E-state index >= 15 is 0 Å². The largest absolute Gasteiger partial charge is 0.382 e. The van der Waals surface area contributed by atoms with Gasteiger partial charge in [-0.2, -0.15) is 0 Å². The molecule has 0 spiro atoms. The lowest BCUT2D eigenvalue weighted by Gasteiger charge is -2.34. The molecular formula is C14H27NO3. The van der Waals surface area contributed by atoms with E-state index in [4.69, 9.17) is 14.2 Å². The van der Waals surface area contributed by atoms with Crippen LogP contribution in [0.25, 0.3) is 0 Å². The molecule has 2 unspecified atom stereocenters. The molecule has 2 atom stereocenters. The Labute approximate surface area is 110 Å². The van der Waals surface area contributed by atoms with E-state index in [0.29, 0.717) is 24.7 Å². The molecule has 1 aliphatic heterocycles. The van der Waals surface area contributed by atoms with E-state index in [1.54, 1.807) is 7.11 Å². The van der Waals surface area contributed by atoms with Gasteiger partial charge in [0.2, 0.25) is 0 Å². The Morgan fingerprint density at radius 3 is 2.78 bits per heavy atom. The van der Waals surface area contributed by atoms with Crippen molar-refractivity contribution in [3.63, 3.8) is 0 Å². The molecule has 2 fully saturated rings. The number of ether oxygens (including phenoxy) is 3. The molecule has 0 bridgehead atoms. The smallest absolute Gasteiger partial charge is 0.0700 e. The first-order valence-electron chi connectivity index (χ1n) is 7.15. The Morgan fingerprint density at radius 2 is 2.11 bits per heavy atom. The van der Waals surface area contributed by atoms with Crippen LogP contribution in [-0.4, -0.2) is 53.2 Å². The number of methoxy groups -OCH3 is 1. The molecule has 0 radical (unpaired) electrons. The zero-order valence-corrected chi connectivity index (χ0v) is 11.7. The molecule has 1 aliphatic carbocycles. The van der Waals surface area contributed by atoms with E-state index < -0.39 is 0 Å². The monoisotopic (exact) mass is 257 g/mol. The summed E-state index contributed by atoms with van der Waals surface area (Å²) in [5, 5.41) is 3.35. The highest BCUT2D eigenvalue weighted by atomic mass is 16.5. The van der Waals surface area contributed by atoms with Crippen LogP contribution in [0.1, 0.15) is 25.7 Å². The first-order chi connectivity index (χ1) is 8.82. The molecule has 2 rings (SSSR count). The molecule has 0 aromatic carbocycles. The second kappa shape index (κ2) is 6.85. The summed E-state index contributed by atoms with van der Waals surface area (Å²) in [6, 6.07) is 0. The van der Waals surface area contributed by atoms with Gasteiger partial charge in [0.05, 0.1) is 19.3 Å². The van der Waals surface area contributed by atoms with Gasteiger partial charge in [0.15, 0.2) is 0 Å². The lowest BCUT2D eigenvalue weighted by Crippen LogP contribution is -2.41. The maximum atomic E-state index is 6.00. The lowest BCUT2D eigenvalue weighted by atomic mass is 9.76. The zero-order chi connectivity index (χ0) is 12.8. The number of hydrogen-bond donors (Lipinski definition) is 1. The second-order valence-corrected chi connectivity index (χ2v) is 5.63. The molecule has 0 aromatic rings. The zero-order valence-electron chi connectivity index (χ0n) is 11.7. The van der Waals surface area contributed by atoms with Crippen LogP contribution in [-0.2, 0) is 14.2 Å². The average molecular weight is 257 g/mol. The highest BCUT2D eigenvalue weighted by molar-refractivity contribution is 5.00. The normalized spacial score (nSPS) is 32.0. The minimum absolute atomic E-state index is 0.295. The Hall–Kier alpha value is -0.160. The molecule has 0 amide bonds. The van der Waals surface area contributed by atoms with Gasteiger partial charge in [-0.1, -0.05) is 0 Å².